The van der Waals surface area contributed by atoms with Gasteiger partial charge in [0.1, 0.15) is 11.6 Å². The fourth-order valence-corrected chi connectivity index (χ4v) is 1.89. The third-order valence-electron chi connectivity index (χ3n) is 2.98. The number of aromatic nitrogens is 2. The number of aryl methyl sites for hydroxylation is 1. The van der Waals surface area contributed by atoms with Crippen molar-refractivity contribution in [1.82, 2.24) is 15.0 Å². The van der Waals surface area contributed by atoms with E-state index in [9.17, 15) is 4.79 Å². The van der Waals surface area contributed by atoms with Crippen LogP contribution in [0.25, 0.3) is 0 Å². The summed E-state index contributed by atoms with van der Waals surface area (Å²) in [6, 6.07) is 5.05. The van der Waals surface area contributed by atoms with Gasteiger partial charge in [0.15, 0.2) is 5.82 Å². The van der Waals surface area contributed by atoms with Gasteiger partial charge in [0, 0.05) is 24.4 Å². The highest BCUT2D eigenvalue weighted by molar-refractivity contribution is 6.04. The van der Waals surface area contributed by atoms with Gasteiger partial charge in [-0.3, -0.25) is 4.79 Å². The minimum Gasteiger partial charge on any atom is -0.370 e. The van der Waals surface area contributed by atoms with E-state index in [0.29, 0.717) is 23.0 Å². The van der Waals surface area contributed by atoms with Crippen LogP contribution >= 0.6 is 0 Å². The van der Waals surface area contributed by atoms with Crippen molar-refractivity contribution < 1.29 is 9.32 Å². The molecule has 0 aliphatic carbocycles. The maximum absolute atomic E-state index is 12.1. The molecule has 7 nitrogen and oxygen atoms in total. The largest absolute Gasteiger partial charge is 0.370 e. The van der Waals surface area contributed by atoms with E-state index in [4.69, 9.17) is 4.52 Å². The number of amides is 1. The number of hydrogen-bond donors (Lipinski definition) is 2. The lowest BCUT2D eigenvalue weighted by Gasteiger charge is -2.10. The fourth-order valence-electron chi connectivity index (χ4n) is 1.89. The molecule has 0 aromatic carbocycles. The molecule has 7 heteroatoms. The minimum absolute atomic E-state index is 0.243. The second-order valence-electron chi connectivity index (χ2n) is 5.29. The van der Waals surface area contributed by atoms with Crippen molar-refractivity contribution in [2.75, 3.05) is 37.8 Å². The summed E-state index contributed by atoms with van der Waals surface area (Å²) in [6.07, 6.45) is 2.61. The molecule has 0 saturated carbocycles. The van der Waals surface area contributed by atoms with Gasteiger partial charge in [-0.15, -0.1) is 0 Å². The molecule has 2 aromatic rings. The van der Waals surface area contributed by atoms with Crippen LogP contribution in [0.5, 0.6) is 0 Å². The van der Waals surface area contributed by atoms with Gasteiger partial charge in [0.2, 0.25) is 0 Å². The molecule has 1 amide bonds. The van der Waals surface area contributed by atoms with E-state index in [0.717, 1.165) is 19.5 Å². The van der Waals surface area contributed by atoms with Crippen LogP contribution in [0.15, 0.2) is 28.9 Å². The van der Waals surface area contributed by atoms with E-state index >= 15 is 0 Å². The second kappa shape index (κ2) is 7.56. The third kappa shape index (κ3) is 4.85. The molecular weight excluding hydrogens is 282 g/mol. The highest BCUT2D eigenvalue weighted by Crippen LogP contribution is 2.11. The fraction of sp³-hybridized carbons (Fsp3) is 0.400. The highest BCUT2D eigenvalue weighted by atomic mass is 16.5. The Kier molecular flexibility index (Phi) is 5.48. The van der Waals surface area contributed by atoms with Crippen molar-refractivity contribution in [3.63, 3.8) is 0 Å². The summed E-state index contributed by atoms with van der Waals surface area (Å²) in [4.78, 5) is 18.5. The summed E-state index contributed by atoms with van der Waals surface area (Å²) in [7, 11) is 4.07. The molecule has 0 spiro atoms. The number of nitrogens with zero attached hydrogens (tertiary/aromatic N) is 3. The van der Waals surface area contributed by atoms with Crippen molar-refractivity contribution in [3.05, 3.63) is 35.7 Å². The van der Waals surface area contributed by atoms with Gasteiger partial charge in [0.05, 0.1) is 0 Å². The molecule has 118 valence electrons. The number of pyridine rings is 1. The summed E-state index contributed by atoms with van der Waals surface area (Å²) in [5.41, 5.74) is 0.519. The van der Waals surface area contributed by atoms with Crippen LogP contribution in [0.3, 0.4) is 0 Å². The molecule has 0 atom stereocenters. The average molecular weight is 303 g/mol. The van der Waals surface area contributed by atoms with E-state index in [2.05, 4.69) is 25.7 Å². The topological polar surface area (TPSA) is 83.3 Å². The highest BCUT2D eigenvalue weighted by Gasteiger charge is 2.09. The molecule has 0 fully saturated rings. The van der Waals surface area contributed by atoms with Crippen LogP contribution in [0, 0.1) is 6.92 Å². The van der Waals surface area contributed by atoms with E-state index in [-0.39, 0.29) is 5.91 Å². The first-order valence-corrected chi connectivity index (χ1v) is 7.14. The predicted molar refractivity (Wildman–Crippen MR) is 85.1 cm³/mol. The van der Waals surface area contributed by atoms with Crippen molar-refractivity contribution in [3.8, 4) is 0 Å². The number of anilines is 2. The third-order valence-corrected chi connectivity index (χ3v) is 2.98. The number of rotatable bonds is 7. The monoisotopic (exact) mass is 303 g/mol. The van der Waals surface area contributed by atoms with Crippen LogP contribution in [0.4, 0.5) is 11.6 Å². The van der Waals surface area contributed by atoms with Crippen LogP contribution < -0.4 is 10.6 Å². The van der Waals surface area contributed by atoms with Crippen molar-refractivity contribution >= 4 is 17.5 Å². The van der Waals surface area contributed by atoms with E-state index in [1.54, 1.807) is 31.3 Å². The zero-order valence-corrected chi connectivity index (χ0v) is 13.1. The molecule has 0 radical (unpaired) electrons. The van der Waals surface area contributed by atoms with Gasteiger partial charge in [-0.25, -0.2) is 4.98 Å². The smallest absolute Gasteiger partial charge is 0.257 e. The van der Waals surface area contributed by atoms with Gasteiger partial charge >= 0.3 is 0 Å². The Morgan fingerprint density at radius 3 is 2.82 bits per heavy atom. The van der Waals surface area contributed by atoms with E-state index in [1.807, 2.05) is 14.1 Å². The van der Waals surface area contributed by atoms with Crippen molar-refractivity contribution in [2.24, 2.45) is 0 Å². The maximum Gasteiger partial charge on any atom is 0.257 e. The maximum atomic E-state index is 12.1. The molecule has 0 aliphatic rings. The van der Waals surface area contributed by atoms with Gasteiger partial charge in [-0.1, -0.05) is 5.16 Å². The Morgan fingerprint density at radius 2 is 2.14 bits per heavy atom. The quantitative estimate of drug-likeness (QED) is 0.761. The van der Waals surface area contributed by atoms with Gasteiger partial charge < -0.3 is 20.1 Å². The molecule has 2 aromatic heterocycles. The van der Waals surface area contributed by atoms with Crippen LogP contribution in [0.2, 0.25) is 0 Å². The standard InChI is InChI=1S/C15H21N5O2/c1-11-9-14(19-22-11)18-15(21)12-5-7-17-13(10-12)16-6-4-8-20(2)3/h5,7,9-10H,4,6,8H2,1-3H3,(H,16,17)(H,18,19,21). The molecule has 0 aliphatic heterocycles. The molecule has 2 heterocycles. The first kappa shape index (κ1) is 16.0. The number of hydrogen-bond acceptors (Lipinski definition) is 6. The van der Waals surface area contributed by atoms with Crippen molar-refractivity contribution in [2.45, 2.75) is 13.3 Å². The zero-order valence-electron chi connectivity index (χ0n) is 13.1. The van der Waals surface area contributed by atoms with Crippen LogP contribution in [0.1, 0.15) is 22.5 Å². The Morgan fingerprint density at radius 1 is 1.32 bits per heavy atom. The molecule has 22 heavy (non-hydrogen) atoms. The molecular formula is C15H21N5O2. The van der Waals surface area contributed by atoms with Gasteiger partial charge in [-0.2, -0.15) is 0 Å². The minimum atomic E-state index is -0.243. The summed E-state index contributed by atoms with van der Waals surface area (Å²) < 4.78 is 4.92. The Balaban J connectivity index is 1.91. The zero-order chi connectivity index (χ0) is 15.9. The normalized spacial score (nSPS) is 10.7. The Bertz CT molecular complexity index is 624. The first-order chi connectivity index (χ1) is 10.5. The van der Waals surface area contributed by atoms with Crippen LogP contribution in [-0.4, -0.2) is 48.1 Å². The van der Waals surface area contributed by atoms with E-state index in [1.165, 1.54) is 0 Å². The number of carbonyl (C=O) groups is 1. The lowest BCUT2D eigenvalue weighted by molar-refractivity contribution is 0.102. The molecule has 0 bridgehead atoms. The van der Waals surface area contributed by atoms with Crippen molar-refractivity contribution in [1.29, 1.82) is 0 Å². The average Bonchev–Trinajstić information content (AvgIpc) is 2.89. The molecule has 0 saturated heterocycles. The first-order valence-electron chi connectivity index (χ1n) is 7.14. The Hall–Kier alpha value is -2.41. The molecule has 2 N–H and O–H groups in total. The summed E-state index contributed by atoms with van der Waals surface area (Å²) in [6.45, 7) is 3.57. The lowest BCUT2D eigenvalue weighted by atomic mass is 10.2. The molecule has 0 unspecified atom stereocenters. The lowest BCUT2D eigenvalue weighted by Crippen LogP contribution is -2.17. The summed E-state index contributed by atoms with van der Waals surface area (Å²) in [5.74, 6) is 1.49. The number of carbonyl (C=O) groups excluding carboxylic acids is 1. The van der Waals surface area contributed by atoms with E-state index < -0.39 is 0 Å². The van der Waals surface area contributed by atoms with Crippen LogP contribution in [-0.2, 0) is 0 Å². The number of nitrogens with one attached hydrogen (secondary N) is 2. The second-order valence-corrected chi connectivity index (χ2v) is 5.29. The SMILES string of the molecule is Cc1cc(NC(=O)c2ccnc(NCCCN(C)C)c2)no1. The van der Waals surface area contributed by atoms with Gasteiger partial charge in [-0.05, 0) is 46.1 Å². The van der Waals surface area contributed by atoms with Gasteiger partial charge in [0.25, 0.3) is 5.91 Å². The summed E-state index contributed by atoms with van der Waals surface area (Å²) in [5, 5.41) is 9.63. The summed E-state index contributed by atoms with van der Waals surface area (Å²) >= 11 is 0. The Labute approximate surface area is 129 Å². The molecule has 2 rings (SSSR count). The predicted octanol–water partition coefficient (Wildman–Crippen LogP) is 1.99.